The van der Waals surface area contributed by atoms with Crippen molar-refractivity contribution in [2.24, 2.45) is 11.8 Å². The van der Waals surface area contributed by atoms with E-state index in [9.17, 15) is 0 Å². The molecule has 0 spiro atoms. The van der Waals surface area contributed by atoms with Crippen molar-refractivity contribution >= 4 is 0 Å². The van der Waals surface area contributed by atoms with Crippen LogP contribution in [0.3, 0.4) is 0 Å². The predicted octanol–water partition coefficient (Wildman–Crippen LogP) is 2.73. The minimum Gasteiger partial charge on any atom is -0.317 e. The van der Waals surface area contributed by atoms with Crippen molar-refractivity contribution in [2.75, 3.05) is 6.54 Å². The fraction of sp³-hybridized carbons (Fsp3) is 0.889. The van der Waals surface area contributed by atoms with Crippen LogP contribution in [-0.4, -0.2) is 6.54 Å². The number of hydrogen-bond acceptors (Lipinski definition) is 0. The van der Waals surface area contributed by atoms with Crippen LogP contribution in [0.5, 0.6) is 0 Å². The second-order valence-electron chi connectivity index (χ2n) is 3.34. The summed E-state index contributed by atoms with van der Waals surface area (Å²) in [5.74, 6) is 1.76. The van der Waals surface area contributed by atoms with Gasteiger partial charge in [0.15, 0.2) is 0 Å². The highest BCUT2D eigenvalue weighted by Crippen LogP contribution is 2.33. The van der Waals surface area contributed by atoms with Gasteiger partial charge in [0.05, 0.1) is 0 Å². The second kappa shape index (κ2) is 3.61. The van der Waals surface area contributed by atoms with Crippen LogP contribution in [0.1, 0.15) is 32.6 Å². The molecule has 1 nitrogen and oxygen atoms in total. The van der Waals surface area contributed by atoms with Gasteiger partial charge in [0.2, 0.25) is 6.54 Å². The maximum atomic E-state index is 6.66. The molecule has 0 bridgehead atoms. The standard InChI is InChI=1S/C9H15N/c1-8-4-3-5-9(8)6-7-10-2/h8-9H,3-7H2,1H3. The molecule has 2 unspecified atom stereocenters. The normalized spacial score (nSPS) is 32.0. The lowest BCUT2D eigenvalue weighted by Crippen LogP contribution is -2.04. The Hall–Kier alpha value is -0.510. The van der Waals surface area contributed by atoms with Crippen LogP contribution in [0.4, 0.5) is 0 Å². The van der Waals surface area contributed by atoms with Gasteiger partial charge in [-0.2, -0.15) is 0 Å². The molecule has 0 N–H and O–H groups in total. The van der Waals surface area contributed by atoms with Gasteiger partial charge < -0.3 is 4.85 Å². The van der Waals surface area contributed by atoms with Gasteiger partial charge in [-0.3, -0.25) is 0 Å². The monoisotopic (exact) mass is 137 g/mol. The van der Waals surface area contributed by atoms with E-state index in [1.165, 1.54) is 19.3 Å². The van der Waals surface area contributed by atoms with Gasteiger partial charge in [0.1, 0.15) is 0 Å². The zero-order valence-electron chi connectivity index (χ0n) is 6.64. The molecule has 1 aliphatic rings. The summed E-state index contributed by atoms with van der Waals surface area (Å²) in [4.78, 5) is 3.38. The Morgan fingerprint density at radius 3 is 2.80 bits per heavy atom. The lowest BCUT2D eigenvalue weighted by molar-refractivity contribution is 0.404. The molecule has 0 aromatic heterocycles. The number of nitrogens with zero attached hydrogens (tertiary/aromatic N) is 1. The molecule has 0 amide bonds. The summed E-state index contributed by atoms with van der Waals surface area (Å²) in [5.41, 5.74) is 0. The summed E-state index contributed by atoms with van der Waals surface area (Å²) in [6, 6.07) is 0. The Balaban J connectivity index is 2.21. The lowest BCUT2D eigenvalue weighted by atomic mass is 9.95. The highest BCUT2D eigenvalue weighted by Gasteiger charge is 2.23. The molecule has 0 radical (unpaired) electrons. The van der Waals surface area contributed by atoms with E-state index in [4.69, 9.17) is 6.57 Å². The van der Waals surface area contributed by atoms with Crippen LogP contribution in [0.2, 0.25) is 0 Å². The molecule has 10 heavy (non-hydrogen) atoms. The lowest BCUT2D eigenvalue weighted by Gasteiger charge is -2.10. The van der Waals surface area contributed by atoms with Gasteiger partial charge in [-0.25, -0.2) is 6.57 Å². The van der Waals surface area contributed by atoms with Gasteiger partial charge in [-0.1, -0.05) is 19.8 Å². The first-order valence-corrected chi connectivity index (χ1v) is 4.18. The van der Waals surface area contributed by atoms with E-state index >= 15 is 0 Å². The molecule has 1 heteroatoms. The van der Waals surface area contributed by atoms with Crippen LogP contribution >= 0.6 is 0 Å². The van der Waals surface area contributed by atoms with Crippen molar-refractivity contribution in [3.8, 4) is 0 Å². The average molecular weight is 137 g/mol. The van der Waals surface area contributed by atoms with Crippen molar-refractivity contribution in [3.05, 3.63) is 11.4 Å². The summed E-state index contributed by atoms with van der Waals surface area (Å²) < 4.78 is 0. The average Bonchev–Trinajstić information content (AvgIpc) is 2.31. The van der Waals surface area contributed by atoms with E-state index in [1.807, 2.05) is 0 Å². The molecule has 0 aromatic carbocycles. The zero-order valence-corrected chi connectivity index (χ0v) is 6.64. The van der Waals surface area contributed by atoms with Crippen molar-refractivity contribution in [1.29, 1.82) is 0 Å². The van der Waals surface area contributed by atoms with Crippen LogP contribution in [0, 0.1) is 18.4 Å². The molecule has 1 rings (SSSR count). The molecule has 0 saturated heterocycles. The minimum absolute atomic E-state index is 0.745. The van der Waals surface area contributed by atoms with Crippen molar-refractivity contribution in [1.82, 2.24) is 0 Å². The van der Waals surface area contributed by atoms with Gasteiger partial charge >= 0.3 is 0 Å². The van der Waals surface area contributed by atoms with Gasteiger partial charge in [0.25, 0.3) is 0 Å². The molecule has 56 valence electrons. The third-order valence-electron chi connectivity index (χ3n) is 2.65. The quantitative estimate of drug-likeness (QED) is 0.515. The van der Waals surface area contributed by atoms with Crippen LogP contribution in [0.15, 0.2) is 0 Å². The molecule has 0 aromatic rings. The Morgan fingerprint density at radius 1 is 1.50 bits per heavy atom. The van der Waals surface area contributed by atoms with E-state index in [1.54, 1.807) is 0 Å². The van der Waals surface area contributed by atoms with Gasteiger partial charge in [-0.15, -0.1) is 0 Å². The summed E-state index contributed by atoms with van der Waals surface area (Å²) in [6.07, 6.45) is 5.30. The molecule has 2 atom stereocenters. The van der Waals surface area contributed by atoms with E-state index in [-0.39, 0.29) is 0 Å². The molecular formula is C9H15N. The van der Waals surface area contributed by atoms with E-state index in [0.717, 1.165) is 24.8 Å². The van der Waals surface area contributed by atoms with E-state index in [2.05, 4.69) is 11.8 Å². The van der Waals surface area contributed by atoms with Crippen LogP contribution < -0.4 is 0 Å². The fourth-order valence-corrected chi connectivity index (χ4v) is 1.88. The molecule has 0 heterocycles. The smallest absolute Gasteiger partial charge is 0.214 e. The second-order valence-corrected chi connectivity index (χ2v) is 3.34. The van der Waals surface area contributed by atoms with Crippen LogP contribution in [-0.2, 0) is 0 Å². The summed E-state index contributed by atoms with van der Waals surface area (Å²) in [7, 11) is 0. The maximum Gasteiger partial charge on any atom is 0.214 e. The summed E-state index contributed by atoms with van der Waals surface area (Å²) >= 11 is 0. The molecular weight excluding hydrogens is 122 g/mol. The Labute approximate surface area is 63.3 Å². The first-order valence-electron chi connectivity index (χ1n) is 4.18. The largest absolute Gasteiger partial charge is 0.317 e. The Bertz CT molecular complexity index is 134. The number of rotatable bonds is 2. The third-order valence-corrected chi connectivity index (χ3v) is 2.65. The molecule has 1 aliphatic carbocycles. The molecule has 1 saturated carbocycles. The van der Waals surface area contributed by atoms with Gasteiger partial charge in [-0.05, 0) is 18.3 Å². The molecule has 0 aliphatic heterocycles. The Kier molecular flexibility index (Phi) is 2.74. The predicted molar refractivity (Wildman–Crippen MR) is 42.6 cm³/mol. The third kappa shape index (κ3) is 1.73. The summed E-state index contributed by atoms with van der Waals surface area (Å²) in [6.45, 7) is 9.72. The van der Waals surface area contributed by atoms with E-state index in [0.29, 0.717) is 0 Å². The van der Waals surface area contributed by atoms with E-state index < -0.39 is 0 Å². The number of hydrogen-bond donors (Lipinski definition) is 0. The van der Waals surface area contributed by atoms with Gasteiger partial charge in [0, 0.05) is 6.42 Å². The SMILES string of the molecule is [C-]#[N+]CCC1CCCC1C. The highest BCUT2D eigenvalue weighted by molar-refractivity contribution is 4.76. The maximum absolute atomic E-state index is 6.66. The summed E-state index contributed by atoms with van der Waals surface area (Å²) in [5, 5.41) is 0. The Morgan fingerprint density at radius 2 is 2.30 bits per heavy atom. The highest BCUT2D eigenvalue weighted by atomic mass is 14.6. The van der Waals surface area contributed by atoms with Crippen molar-refractivity contribution in [3.63, 3.8) is 0 Å². The fourth-order valence-electron chi connectivity index (χ4n) is 1.88. The molecule has 1 fully saturated rings. The first-order chi connectivity index (χ1) is 4.84. The van der Waals surface area contributed by atoms with Crippen LogP contribution in [0.25, 0.3) is 4.85 Å². The zero-order chi connectivity index (χ0) is 7.40. The minimum atomic E-state index is 0.745. The van der Waals surface area contributed by atoms with Crippen molar-refractivity contribution < 1.29 is 0 Å². The van der Waals surface area contributed by atoms with Crippen molar-refractivity contribution in [2.45, 2.75) is 32.6 Å². The topological polar surface area (TPSA) is 4.36 Å². The first kappa shape index (κ1) is 7.60.